The number of carbonyl (C=O) groups is 1. The summed E-state index contributed by atoms with van der Waals surface area (Å²) in [7, 11) is 0. The zero-order chi connectivity index (χ0) is 15.1. The normalized spacial score (nSPS) is 15.5. The maximum atomic E-state index is 11.3. The molecule has 0 saturated heterocycles. The molecule has 1 atom stereocenters. The molecule has 0 spiro atoms. The third-order valence-corrected chi connectivity index (χ3v) is 4.43. The van der Waals surface area contributed by atoms with Crippen molar-refractivity contribution in [1.82, 2.24) is 0 Å². The number of carboxylic acid groups (broad SMARTS) is 1. The molecule has 0 radical (unpaired) electrons. The monoisotopic (exact) mass is 347 g/mol. The van der Waals surface area contributed by atoms with Crippen LogP contribution in [0.1, 0.15) is 24.2 Å². The van der Waals surface area contributed by atoms with Crippen LogP contribution < -0.4 is 4.90 Å². The minimum absolute atomic E-state index is 0.343. The molecule has 108 valence electrons. The molecule has 2 N–H and O–H groups in total. The minimum Gasteiger partial charge on any atom is -0.465 e. The number of aliphatic hydroxyl groups is 1. The van der Waals surface area contributed by atoms with Crippen molar-refractivity contribution in [2.24, 2.45) is 0 Å². The Labute approximate surface area is 130 Å². The van der Waals surface area contributed by atoms with E-state index in [1.165, 1.54) is 4.90 Å². The highest BCUT2D eigenvalue weighted by molar-refractivity contribution is 9.10. The average Bonchev–Trinajstić information content (AvgIpc) is 2.73. The molecule has 0 aromatic heterocycles. The number of rotatable bonds is 2. The molecular weight excluding hydrogens is 334 g/mol. The molecule has 3 rings (SSSR count). The number of aliphatic hydroxyl groups excluding tert-OH is 1. The summed E-state index contributed by atoms with van der Waals surface area (Å²) in [6, 6.07) is 11.3. The predicted octanol–water partition coefficient (Wildman–Crippen LogP) is 4.02. The Bertz CT molecular complexity index is 729. The third-order valence-electron chi connectivity index (χ3n) is 3.80. The lowest BCUT2D eigenvalue weighted by molar-refractivity contribution is 0.202. The number of fused-ring (bicyclic) bond motifs is 3. The summed E-state index contributed by atoms with van der Waals surface area (Å²) in [5.41, 5.74) is 4.08. The van der Waals surface area contributed by atoms with Gasteiger partial charge in [-0.2, -0.15) is 0 Å². The smallest absolute Gasteiger partial charge is 0.411 e. The molecular formula is C16H14BrNO3. The second-order valence-electron chi connectivity index (χ2n) is 4.91. The van der Waals surface area contributed by atoms with Gasteiger partial charge in [-0.3, -0.25) is 4.90 Å². The SMILES string of the molecule is CCN(C(=O)O)c1cc2c(cc1Br)-c1ccccc1C2O. The number of hydrogen-bond donors (Lipinski definition) is 2. The topological polar surface area (TPSA) is 60.8 Å². The fourth-order valence-corrected chi connectivity index (χ4v) is 3.36. The minimum atomic E-state index is -1.01. The highest BCUT2D eigenvalue weighted by atomic mass is 79.9. The lowest BCUT2D eigenvalue weighted by atomic mass is 10.1. The Kier molecular flexibility index (Phi) is 3.47. The second-order valence-corrected chi connectivity index (χ2v) is 5.76. The first kappa shape index (κ1) is 14.1. The molecule has 1 unspecified atom stereocenters. The summed E-state index contributed by atoms with van der Waals surface area (Å²) >= 11 is 3.44. The van der Waals surface area contributed by atoms with E-state index in [0.717, 1.165) is 22.3 Å². The summed E-state index contributed by atoms with van der Waals surface area (Å²) in [5.74, 6) is 0. The van der Waals surface area contributed by atoms with Gasteiger partial charge in [-0.25, -0.2) is 4.79 Å². The van der Waals surface area contributed by atoms with E-state index < -0.39 is 12.2 Å². The van der Waals surface area contributed by atoms with E-state index in [0.29, 0.717) is 16.7 Å². The lowest BCUT2D eigenvalue weighted by Gasteiger charge is -2.20. The van der Waals surface area contributed by atoms with Crippen molar-refractivity contribution in [3.05, 3.63) is 52.0 Å². The first-order chi connectivity index (χ1) is 10.0. The van der Waals surface area contributed by atoms with Crippen LogP contribution in [0.15, 0.2) is 40.9 Å². The van der Waals surface area contributed by atoms with Crippen LogP contribution in [0.3, 0.4) is 0 Å². The van der Waals surface area contributed by atoms with Gasteiger partial charge in [0.15, 0.2) is 0 Å². The Morgan fingerprint density at radius 3 is 2.62 bits per heavy atom. The molecule has 0 fully saturated rings. The quantitative estimate of drug-likeness (QED) is 0.862. The standard InChI is InChI=1S/C16H14BrNO3/c1-2-18(16(20)21)14-8-12-11(7-13(14)17)9-5-3-4-6-10(9)15(12)19/h3-8,15,19H,2H2,1H3,(H,20,21). The van der Waals surface area contributed by atoms with Crippen LogP contribution in [-0.2, 0) is 0 Å². The van der Waals surface area contributed by atoms with E-state index >= 15 is 0 Å². The summed E-state index contributed by atoms with van der Waals surface area (Å²) in [6.45, 7) is 2.12. The Morgan fingerprint density at radius 1 is 1.24 bits per heavy atom. The van der Waals surface area contributed by atoms with Crippen molar-refractivity contribution >= 4 is 27.7 Å². The molecule has 1 aliphatic rings. The van der Waals surface area contributed by atoms with E-state index in [4.69, 9.17) is 0 Å². The number of hydrogen-bond acceptors (Lipinski definition) is 2. The molecule has 1 amide bonds. The van der Waals surface area contributed by atoms with Crippen LogP contribution in [0.25, 0.3) is 11.1 Å². The van der Waals surface area contributed by atoms with Gasteiger partial charge in [0.25, 0.3) is 0 Å². The maximum Gasteiger partial charge on any atom is 0.411 e. The van der Waals surface area contributed by atoms with E-state index in [9.17, 15) is 15.0 Å². The van der Waals surface area contributed by atoms with E-state index in [-0.39, 0.29) is 0 Å². The summed E-state index contributed by atoms with van der Waals surface area (Å²) in [6.07, 6.45) is -1.72. The summed E-state index contributed by atoms with van der Waals surface area (Å²) < 4.78 is 0.703. The average molecular weight is 348 g/mol. The number of nitrogens with zero attached hydrogens (tertiary/aromatic N) is 1. The van der Waals surface area contributed by atoms with Crippen LogP contribution in [0, 0.1) is 0 Å². The fourth-order valence-electron chi connectivity index (χ4n) is 2.80. The molecule has 5 heteroatoms. The van der Waals surface area contributed by atoms with Crippen molar-refractivity contribution < 1.29 is 15.0 Å². The molecule has 0 saturated carbocycles. The van der Waals surface area contributed by atoms with E-state index in [2.05, 4.69) is 15.9 Å². The molecule has 2 aromatic carbocycles. The van der Waals surface area contributed by atoms with Crippen molar-refractivity contribution in [2.75, 3.05) is 11.4 Å². The first-order valence-electron chi connectivity index (χ1n) is 6.65. The third kappa shape index (κ3) is 2.13. The molecule has 21 heavy (non-hydrogen) atoms. The molecule has 0 heterocycles. The van der Waals surface area contributed by atoms with Gasteiger partial charge in [-0.15, -0.1) is 0 Å². The Balaban J connectivity index is 2.18. The van der Waals surface area contributed by atoms with Gasteiger partial charge in [-0.05, 0) is 57.2 Å². The predicted molar refractivity (Wildman–Crippen MR) is 84.7 cm³/mol. The van der Waals surface area contributed by atoms with Gasteiger partial charge in [0, 0.05) is 11.0 Å². The second kappa shape index (κ2) is 5.16. The molecule has 0 aliphatic heterocycles. The molecule has 4 nitrogen and oxygen atoms in total. The van der Waals surface area contributed by atoms with E-state index in [1.54, 1.807) is 13.0 Å². The van der Waals surface area contributed by atoms with Crippen LogP contribution in [-0.4, -0.2) is 22.9 Å². The number of anilines is 1. The van der Waals surface area contributed by atoms with Crippen molar-refractivity contribution in [3.63, 3.8) is 0 Å². The number of amides is 1. The zero-order valence-corrected chi connectivity index (χ0v) is 13.0. The lowest BCUT2D eigenvalue weighted by Crippen LogP contribution is -2.29. The zero-order valence-electron chi connectivity index (χ0n) is 11.4. The summed E-state index contributed by atoms with van der Waals surface area (Å²) in [4.78, 5) is 12.6. The Hall–Kier alpha value is -1.85. The highest BCUT2D eigenvalue weighted by Gasteiger charge is 2.29. The first-order valence-corrected chi connectivity index (χ1v) is 7.45. The van der Waals surface area contributed by atoms with Crippen LogP contribution >= 0.6 is 15.9 Å². The van der Waals surface area contributed by atoms with Crippen molar-refractivity contribution in [3.8, 4) is 11.1 Å². The fraction of sp³-hybridized carbons (Fsp3) is 0.188. The Morgan fingerprint density at radius 2 is 1.95 bits per heavy atom. The van der Waals surface area contributed by atoms with Crippen LogP contribution in [0.4, 0.5) is 10.5 Å². The maximum absolute atomic E-state index is 11.3. The highest BCUT2D eigenvalue weighted by Crippen LogP contribution is 2.46. The van der Waals surface area contributed by atoms with Gasteiger partial charge in [0.05, 0.1) is 5.69 Å². The molecule has 2 aromatic rings. The number of benzene rings is 2. The largest absolute Gasteiger partial charge is 0.465 e. The van der Waals surface area contributed by atoms with Gasteiger partial charge in [0.1, 0.15) is 6.10 Å². The van der Waals surface area contributed by atoms with E-state index in [1.807, 2.05) is 30.3 Å². The summed E-state index contributed by atoms with van der Waals surface area (Å²) in [5, 5.41) is 19.7. The van der Waals surface area contributed by atoms with Crippen LogP contribution in [0.5, 0.6) is 0 Å². The van der Waals surface area contributed by atoms with Crippen molar-refractivity contribution in [1.29, 1.82) is 0 Å². The van der Waals surface area contributed by atoms with Gasteiger partial charge in [-0.1, -0.05) is 24.3 Å². The van der Waals surface area contributed by atoms with Crippen LogP contribution in [0.2, 0.25) is 0 Å². The van der Waals surface area contributed by atoms with Gasteiger partial charge in [0.2, 0.25) is 0 Å². The molecule has 1 aliphatic carbocycles. The van der Waals surface area contributed by atoms with Crippen molar-refractivity contribution in [2.45, 2.75) is 13.0 Å². The number of halogens is 1. The van der Waals surface area contributed by atoms with Gasteiger partial charge >= 0.3 is 6.09 Å². The van der Waals surface area contributed by atoms with Gasteiger partial charge < -0.3 is 10.2 Å². The molecule has 0 bridgehead atoms.